The van der Waals surface area contributed by atoms with Crippen LogP contribution in [-0.2, 0) is 13.1 Å². The predicted octanol–water partition coefficient (Wildman–Crippen LogP) is 2.67. The normalized spacial score (nSPS) is 22.3. The van der Waals surface area contributed by atoms with E-state index in [1.54, 1.807) is 16.8 Å². The predicted molar refractivity (Wildman–Crippen MR) is 94.2 cm³/mol. The fourth-order valence-electron chi connectivity index (χ4n) is 3.95. The number of aromatic nitrogens is 3. The summed E-state index contributed by atoms with van der Waals surface area (Å²) in [7, 11) is 0. The highest BCUT2D eigenvalue weighted by Gasteiger charge is 2.32. The molecule has 140 valence electrons. The van der Waals surface area contributed by atoms with Crippen molar-refractivity contribution in [2.45, 2.75) is 30.9 Å². The summed E-state index contributed by atoms with van der Waals surface area (Å²) in [4.78, 5) is 17.3. The molecule has 2 aromatic heterocycles. The fraction of sp³-hybridized carbons (Fsp3) is 0.529. The molecule has 0 radical (unpaired) electrons. The monoisotopic (exact) mass is 384 g/mol. The van der Waals surface area contributed by atoms with Crippen molar-refractivity contribution in [3.63, 3.8) is 0 Å². The molecule has 1 fully saturated rings. The van der Waals surface area contributed by atoms with Crippen molar-refractivity contribution in [1.82, 2.24) is 19.4 Å². The number of nitrogens with zero attached hydrogens (tertiary/aromatic N) is 3. The first kappa shape index (κ1) is 17.7. The van der Waals surface area contributed by atoms with Gasteiger partial charge in [0.05, 0.1) is 5.56 Å². The highest BCUT2D eigenvalue weighted by atomic mass is 32.2. The first-order valence-corrected chi connectivity index (χ1v) is 9.57. The third kappa shape index (κ3) is 3.42. The molecule has 0 spiro atoms. The van der Waals surface area contributed by atoms with E-state index >= 15 is 0 Å². The molecule has 2 bridgehead atoms. The van der Waals surface area contributed by atoms with Gasteiger partial charge >= 0.3 is 5.51 Å². The molecule has 0 saturated carbocycles. The van der Waals surface area contributed by atoms with Crippen LogP contribution in [0.3, 0.4) is 0 Å². The van der Waals surface area contributed by atoms with Crippen LogP contribution in [0.2, 0.25) is 0 Å². The third-order valence-electron chi connectivity index (χ3n) is 5.06. The largest absolute Gasteiger partial charge is 0.441 e. The number of halogens is 3. The first-order chi connectivity index (χ1) is 12.4. The lowest BCUT2D eigenvalue weighted by molar-refractivity contribution is -0.0328. The zero-order chi connectivity index (χ0) is 18.3. The number of hydrogen-bond acceptors (Lipinski definition) is 4. The number of fused-ring (bicyclic) bond motifs is 4. The van der Waals surface area contributed by atoms with E-state index in [4.69, 9.17) is 0 Å². The van der Waals surface area contributed by atoms with E-state index in [0.29, 0.717) is 29.8 Å². The summed E-state index contributed by atoms with van der Waals surface area (Å²) in [5, 5.41) is 3.41. The number of aryl methyl sites for hydroxylation is 1. The zero-order valence-corrected chi connectivity index (χ0v) is 14.8. The molecule has 1 saturated heterocycles. The maximum absolute atomic E-state index is 13.0. The van der Waals surface area contributed by atoms with E-state index in [1.165, 1.54) is 6.20 Å². The van der Waals surface area contributed by atoms with E-state index in [9.17, 15) is 18.0 Å². The van der Waals surface area contributed by atoms with Gasteiger partial charge in [-0.05, 0) is 42.8 Å². The second kappa shape index (κ2) is 6.77. The molecule has 2 aromatic rings. The summed E-state index contributed by atoms with van der Waals surface area (Å²) >= 11 is -0.0650. The molecular formula is C17H19F3N4OS. The Balaban J connectivity index is 1.63. The third-order valence-corrected chi connectivity index (χ3v) is 5.78. The number of pyridine rings is 1. The van der Waals surface area contributed by atoms with Crippen LogP contribution in [0.25, 0.3) is 11.4 Å². The van der Waals surface area contributed by atoms with Crippen LogP contribution in [0, 0.1) is 5.92 Å². The van der Waals surface area contributed by atoms with Crippen LogP contribution in [-0.4, -0.2) is 38.5 Å². The van der Waals surface area contributed by atoms with E-state index < -0.39 is 5.51 Å². The van der Waals surface area contributed by atoms with Gasteiger partial charge in [-0.2, -0.15) is 13.2 Å². The Morgan fingerprint density at radius 2 is 2.15 bits per heavy atom. The summed E-state index contributed by atoms with van der Waals surface area (Å²) in [6.07, 6.45) is 4.24. The van der Waals surface area contributed by atoms with E-state index in [0.717, 1.165) is 25.2 Å². The summed E-state index contributed by atoms with van der Waals surface area (Å²) in [6, 6.07) is 3.73. The van der Waals surface area contributed by atoms with Crippen LogP contribution in [0.1, 0.15) is 18.0 Å². The number of thioether (sulfide) groups is 1. The molecule has 0 unspecified atom stereocenters. The van der Waals surface area contributed by atoms with Crippen LogP contribution in [0.15, 0.2) is 29.3 Å². The van der Waals surface area contributed by atoms with Crippen molar-refractivity contribution in [2.24, 2.45) is 5.92 Å². The lowest BCUT2D eigenvalue weighted by Crippen LogP contribution is -2.45. The molecule has 0 amide bonds. The van der Waals surface area contributed by atoms with Crippen LogP contribution in [0.4, 0.5) is 13.2 Å². The van der Waals surface area contributed by atoms with E-state index in [1.807, 2.05) is 10.6 Å². The van der Waals surface area contributed by atoms with Gasteiger partial charge in [0.1, 0.15) is 5.82 Å². The highest BCUT2D eigenvalue weighted by molar-refractivity contribution is 8.00. The van der Waals surface area contributed by atoms with Gasteiger partial charge in [-0.3, -0.25) is 4.79 Å². The van der Waals surface area contributed by atoms with Crippen molar-refractivity contribution < 1.29 is 13.2 Å². The van der Waals surface area contributed by atoms with Crippen molar-refractivity contribution in [3.05, 3.63) is 40.6 Å². The van der Waals surface area contributed by atoms with Gasteiger partial charge in [-0.25, -0.2) is 4.98 Å². The second-order valence-electron chi connectivity index (χ2n) is 6.78. The topological polar surface area (TPSA) is 51.9 Å². The lowest BCUT2D eigenvalue weighted by atomic mass is 9.84. The standard InChI is InChI=1S/C17H19F3N4OS/c18-17(19,20)26-6-5-23-4-3-22-15(23)13-1-2-14-12-7-11(8-21-9-12)10-24(14)16(13)25/h1-4,11-12,21H,5-10H2/t11-,12+/m0/s1. The highest BCUT2D eigenvalue weighted by Crippen LogP contribution is 2.33. The van der Waals surface area contributed by atoms with Gasteiger partial charge < -0.3 is 14.5 Å². The van der Waals surface area contributed by atoms with Gasteiger partial charge in [-0.1, -0.05) is 0 Å². The molecular weight excluding hydrogens is 365 g/mol. The quantitative estimate of drug-likeness (QED) is 0.881. The smallest absolute Gasteiger partial charge is 0.330 e. The Morgan fingerprint density at radius 3 is 2.96 bits per heavy atom. The number of piperidine rings is 1. The SMILES string of the molecule is O=c1c(-c2nccn2CCSC(F)(F)F)ccc2n1C[C@@H]1CNC[C@H]2C1. The second-order valence-corrected chi connectivity index (χ2v) is 7.94. The molecule has 0 aliphatic carbocycles. The van der Waals surface area contributed by atoms with Crippen LogP contribution in [0.5, 0.6) is 0 Å². The number of nitrogens with one attached hydrogen (secondary N) is 1. The van der Waals surface area contributed by atoms with Crippen molar-refractivity contribution in [2.75, 3.05) is 18.8 Å². The van der Waals surface area contributed by atoms with Crippen molar-refractivity contribution in [1.29, 1.82) is 0 Å². The van der Waals surface area contributed by atoms with Crippen molar-refractivity contribution >= 4 is 11.8 Å². The molecule has 9 heteroatoms. The minimum absolute atomic E-state index is 0.0650. The van der Waals surface area contributed by atoms with Gasteiger partial charge in [-0.15, -0.1) is 0 Å². The minimum atomic E-state index is -4.25. The Bertz CT molecular complexity index is 860. The Hall–Kier alpha value is -1.74. The van der Waals surface area contributed by atoms with Gasteiger partial charge in [0.15, 0.2) is 0 Å². The molecule has 1 N–H and O–H groups in total. The van der Waals surface area contributed by atoms with Gasteiger partial charge in [0.2, 0.25) is 0 Å². The average Bonchev–Trinajstić information content (AvgIpc) is 3.03. The summed E-state index contributed by atoms with van der Waals surface area (Å²) in [5.74, 6) is 1.10. The summed E-state index contributed by atoms with van der Waals surface area (Å²) in [6.45, 7) is 2.61. The molecule has 4 rings (SSSR count). The zero-order valence-electron chi connectivity index (χ0n) is 14.0. The number of rotatable bonds is 4. The fourth-order valence-corrected chi connectivity index (χ4v) is 4.47. The molecule has 2 atom stereocenters. The maximum atomic E-state index is 13.0. The Morgan fingerprint density at radius 1 is 1.31 bits per heavy atom. The maximum Gasteiger partial charge on any atom is 0.441 e. The van der Waals surface area contributed by atoms with Gasteiger partial charge in [0, 0.05) is 49.4 Å². The molecule has 0 aromatic carbocycles. The number of hydrogen-bond donors (Lipinski definition) is 1. The Labute approximate surface area is 152 Å². The average molecular weight is 384 g/mol. The first-order valence-electron chi connectivity index (χ1n) is 8.59. The Kier molecular flexibility index (Phi) is 4.60. The van der Waals surface area contributed by atoms with Crippen LogP contribution >= 0.6 is 11.8 Å². The summed E-state index contributed by atoms with van der Waals surface area (Å²) < 4.78 is 40.5. The van der Waals surface area contributed by atoms with Crippen molar-refractivity contribution in [3.8, 4) is 11.4 Å². The lowest BCUT2D eigenvalue weighted by Gasteiger charge is -2.37. The molecule has 26 heavy (non-hydrogen) atoms. The van der Waals surface area contributed by atoms with Gasteiger partial charge in [0.25, 0.3) is 5.56 Å². The molecule has 2 aliphatic heterocycles. The van der Waals surface area contributed by atoms with Crippen LogP contribution < -0.4 is 10.9 Å². The minimum Gasteiger partial charge on any atom is -0.330 e. The number of imidazole rings is 1. The molecule has 2 aliphatic rings. The van der Waals surface area contributed by atoms with E-state index in [2.05, 4.69) is 10.3 Å². The number of alkyl halides is 3. The molecule has 5 nitrogen and oxygen atoms in total. The van der Waals surface area contributed by atoms with E-state index in [-0.39, 0.29) is 29.6 Å². The summed E-state index contributed by atoms with van der Waals surface area (Å²) in [5.41, 5.74) is -2.87. The molecule has 4 heterocycles.